The fourth-order valence-electron chi connectivity index (χ4n) is 3.68. The van der Waals surface area contributed by atoms with Gasteiger partial charge in [-0.3, -0.25) is 5.10 Å². The van der Waals surface area contributed by atoms with Gasteiger partial charge in [-0.2, -0.15) is 16.9 Å². The van der Waals surface area contributed by atoms with Gasteiger partial charge in [0.2, 0.25) is 0 Å². The van der Waals surface area contributed by atoms with Crippen LogP contribution in [-0.2, 0) is 0 Å². The van der Waals surface area contributed by atoms with Gasteiger partial charge in [-0.1, -0.05) is 6.92 Å². The lowest BCUT2D eigenvalue weighted by Gasteiger charge is -2.36. The van der Waals surface area contributed by atoms with Crippen LogP contribution in [0.2, 0.25) is 0 Å². The molecule has 0 aromatic carbocycles. The molecule has 1 aromatic heterocycles. The maximum absolute atomic E-state index is 12.7. The molecule has 0 radical (unpaired) electrons. The monoisotopic (exact) mass is 322 g/mol. The van der Waals surface area contributed by atoms with Gasteiger partial charge in [-0.25, -0.2) is 4.79 Å². The Morgan fingerprint density at radius 3 is 3.14 bits per heavy atom. The van der Waals surface area contributed by atoms with Gasteiger partial charge in [0, 0.05) is 29.6 Å². The van der Waals surface area contributed by atoms with Crippen LogP contribution in [0.5, 0.6) is 0 Å². The molecule has 5 nitrogen and oxygen atoms in total. The highest BCUT2D eigenvalue weighted by atomic mass is 32.2. The summed E-state index contributed by atoms with van der Waals surface area (Å²) in [7, 11) is 0. The molecule has 2 heterocycles. The van der Waals surface area contributed by atoms with Crippen LogP contribution in [0.4, 0.5) is 4.79 Å². The second-order valence-corrected chi connectivity index (χ2v) is 7.85. The summed E-state index contributed by atoms with van der Waals surface area (Å²) < 4.78 is 0. The van der Waals surface area contributed by atoms with E-state index in [1.54, 1.807) is 0 Å². The van der Waals surface area contributed by atoms with Crippen molar-refractivity contribution >= 4 is 17.8 Å². The number of piperidine rings is 1. The number of H-pyrrole nitrogens is 1. The highest BCUT2D eigenvalue weighted by Gasteiger charge is 2.32. The van der Waals surface area contributed by atoms with Crippen LogP contribution in [0.3, 0.4) is 0 Å². The first-order chi connectivity index (χ1) is 10.8. The Morgan fingerprint density at radius 1 is 1.45 bits per heavy atom. The van der Waals surface area contributed by atoms with Crippen LogP contribution in [-0.4, -0.2) is 44.7 Å². The number of hydrogen-bond donors (Lipinski definition) is 2. The lowest BCUT2D eigenvalue weighted by molar-refractivity contribution is 0.148. The zero-order valence-electron chi connectivity index (χ0n) is 13.3. The summed E-state index contributed by atoms with van der Waals surface area (Å²) in [4.78, 5) is 14.7. The van der Waals surface area contributed by atoms with Gasteiger partial charge < -0.3 is 10.2 Å². The summed E-state index contributed by atoms with van der Waals surface area (Å²) in [6.07, 6.45) is 10.5. The number of hydrogen-bond acceptors (Lipinski definition) is 3. The van der Waals surface area contributed by atoms with Gasteiger partial charge in [-0.05, 0) is 44.3 Å². The van der Waals surface area contributed by atoms with Crippen molar-refractivity contribution in [3.8, 4) is 0 Å². The number of nitrogens with zero attached hydrogens (tertiary/aromatic N) is 2. The van der Waals surface area contributed by atoms with Crippen LogP contribution in [0.1, 0.15) is 57.1 Å². The highest BCUT2D eigenvalue weighted by molar-refractivity contribution is 7.99. The Labute approximate surface area is 136 Å². The lowest BCUT2D eigenvalue weighted by Crippen LogP contribution is -2.47. The number of rotatable bonds is 4. The van der Waals surface area contributed by atoms with Crippen LogP contribution < -0.4 is 5.32 Å². The first kappa shape index (κ1) is 15.7. The first-order valence-corrected chi connectivity index (χ1v) is 9.50. The van der Waals surface area contributed by atoms with Gasteiger partial charge in [0.1, 0.15) is 0 Å². The van der Waals surface area contributed by atoms with Gasteiger partial charge >= 0.3 is 6.03 Å². The Kier molecular flexibility index (Phi) is 5.28. The molecule has 1 saturated heterocycles. The maximum Gasteiger partial charge on any atom is 0.318 e. The molecule has 1 aromatic rings. The average molecular weight is 322 g/mol. The Bertz CT molecular complexity index is 479. The fraction of sp³-hybridized carbons (Fsp3) is 0.750. The van der Waals surface area contributed by atoms with Crippen molar-refractivity contribution in [2.75, 3.05) is 12.3 Å². The Balaban J connectivity index is 1.58. The number of carbonyl (C=O) groups excluding carboxylic acids is 1. The minimum absolute atomic E-state index is 0.109. The second-order valence-electron chi connectivity index (χ2n) is 6.27. The highest BCUT2D eigenvalue weighted by Crippen LogP contribution is 2.32. The Morgan fingerprint density at radius 2 is 2.36 bits per heavy atom. The summed E-state index contributed by atoms with van der Waals surface area (Å²) in [5.74, 6) is 1.17. The van der Waals surface area contributed by atoms with Crippen molar-refractivity contribution in [2.45, 2.75) is 62.8 Å². The standard InChI is InChI=1S/C16H26N4OS/c1-2-22-14-7-6-13(9-14)19-16(21)20-8-4-3-5-15(20)12-10-17-18-11-12/h10-11,13-15H,2-9H2,1H3,(H,17,18)(H,19,21)/t13-,14-,15+/m1/s1. The molecule has 1 saturated carbocycles. The van der Waals surface area contributed by atoms with Gasteiger partial charge in [0.25, 0.3) is 0 Å². The molecule has 2 fully saturated rings. The third kappa shape index (κ3) is 3.59. The molecule has 2 aliphatic rings. The van der Waals surface area contributed by atoms with Crippen molar-refractivity contribution in [3.63, 3.8) is 0 Å². The molecule has 6 heteroatoms. The molecule has 1 aliphatic heterocycles. The zero-order valence-corrected chi connectivity index (χ0v) is 14.1. The van der Waals surface area contributed by atoms with Crippen LogP contribution in [0.25, 0.3) is 0 Å². The number of amides is 2. The average Bonchev–Trinajstić information content (AvgIpc) is 3.19. The Hall–Kier alpha value is -1.17. The molecule has 0 unspecified atom stereocenters. The van der Waals surface area contributed by atoms with E-state index in [0.717, 1.165) is 43.0 Å². The molecule has 2 N–H and O–H groups in total. The SMILES string of the molecule is CCS[C@@H]1CC[C@@H](NC(=O)N2CCCC[C@H]2c2cn[nH]c2)C1. The van der Waals surface area contributed by atoms with Crippen molar-refractivity contribution in [1.82, 2.24) is 20.4 Å². The predicted molar refractivity (Wildman–Crippen MR) is 90.0 cm³/mol. The molecule has 0 bridgehead atoms. The van der Waals surface area contributed by atoms with Crippen molar-refractivity contribution < 1.29 is 4.79 Å². The summed E-state index contributed by atoms with van der Waals surface area (Å²) in [6.45, 7) is 3.06. The summed E-state index contributed by atoms with van der Waals surface area (Å²) in [6, 6.07) is 0.635. The summed E-state index contributed by atoms with van der Waals surface area (Å²) in [5, 5.41) is 10.9. The van der Waals surface area contributed by atoms with E-state index in [0.29, 0.717) is 6.04 Å². The number of carbonyl (C=O) groups is 1. The topological polar surface area (TPSA) is 61.0 Å². The van der Waals surface area contributed by atoms with Gasteiger partial charge in [-0.15, -0.1) is 0 Å². The van der Waals surface area contributed by atoms with Crippen molar-refractivity contribution in [2.24, 2.45) is 0 Å². The third-order valence-electron chi connectivity index (χ3n) is 4.78. The van der Waals surface area contributed by atoms with E-state index in [4.69, 9.17) is 0 Å². The number of likely N-dealkylation sites (tertiary alicyclic amines) is 1. The molecular weight excluding hydrogens is 296 g/mol. The van der Waals surface area contributed by atoms with E-state index >= 15 is 0 Å². The van der Waals surface area contributed by atoms with Crippen molar-refractivity contribution in [3.05, 3.63) is 18.0 Å². The molecular formula is C16H26N4OS. The van der Waals surface area contributed by atoms with Crippen LogP contribution in [0.15, 0.2) is 12.4 Å². The third-order valence-corrected chi connectivity index (χ3v) is 6.02. The zero-order chi connectivity index (χ0) is 15.4. The van der Waals surface area contributed by atoms with E-state index in [9.17, 15) is 4.79 Å². The second kappa shape index (κ2) is 7.40. The minimum atomic E-state index is 0.109. The number of aromatic nitrogens is 2. The maximum atomic E-state index is 12.7. The quantitative estimate of drug-likeness (QED) is 0.894. The normalized spacial score (nSPS) is 28.8. The first-order valence-electron chi connectivity index (χ1n) is 8.45. The fourth-order valence-corrected chi connectivity index (χ4v) is 4.82. The van der Waals surface area contributed by atoms with Crippen LogP contribution in [0, 0.1) is 0 Å². The van der Waals surface area contributed by atoms with E-state index in [-0.39, 0.29) is 12.1 Å². The molecule has 122 valence electrons. The van der Waals surface area contributed by atoms with Gasteiger partial charge in [0.15, 0.2) is 0 Å². The summed E-state index contributed by atoms with van der Waals surface area (Å²) >= 11 is 2.03. The molecule has 0 spiro atoms. The van der Waals surface area contributed by atoms with E-state index in [1.807, 2.05) is 29.1 Å². The van der Waals surface area contributed by atoms with E-state index in [2.05, 4.69) is 22.4 Å². The minimum Gasteiger partial charge on any atom is -0.335 e. The van der Waals surface area contributed by atoms with Crippen LogP contribution >= 0.6 is 11.8 Å². The smallest absolute Gasteiger partial charge is 0.318 e. The molecule has 22 heavy (non-hydrogen) atoms. The summed E-state index contributed by atoms with van der Waals surface area (Å²) in [5.41, 5.74) is 1.13. The van der Waals surface area contributed by atoms with Crippen molar-refractivity contribution in [1.29, 1.82) is 0 Å². The van der Waals surface area contributed by atoms with Gasteiger partial charge in [0.05, 0.1) is 12.2 Å². The molecule has 3 rings (SSSR count). The largest absolute Gasteiger partial charge is 0.335 e. The number of thioether (sulfide) groups is 1. The van der Waals surface area contributed by atoms with E-state index < -0.39 is 0 Å². The number of nitrogens with one attached hydrogen (secondary N) is 2. The molecule has 3 atom stereocenters. The number of urea groups is 1. The molecule has 1 aliphatic carbocycles. The predicted octanol–water partition coefficient (Wildman–Crippen LogP) is 3.32. The van der Waals surface area contributed by atoms with E-state index in [1.165, 1.54) is 18.6 Å². The number of aromatic amines is 1. The lowest BCUT2D eigenvalue weighted by atomic mass is 9.98. The molecule has 2 amide bonds.